The first-order chi connectivity index (χ1) is 7.24. The van der Waals surface area contributed by atoms with Crippen molar-refractivity contribution in [3.05, 3.63) is 0 Å². The van der Waals surface area contributed by atoms with Crippen molar-refractivity contribution in [3.8, 4) is 0 Å². The molecule has 0 saturated carbocycles. The molecular formula is C10H19NO4. The second kappa shape index (κ2) is 4.76. The van der Waals surface area contributed by atoms with E-state index in [0.717, 1.165) is 25.9 Å². The number of rotatable bonds is 2. The zero-order valence-corrected chi connectivity index (χ0v) is 8.75. The van der Waals surface area contributed by atoms with Gasteiger partial charge in [0.2, 0.25) is 0 Å². The predicted octanol–water partition coefficient (Wildman–Crippen LogP) is -1.09. The highest BCUT2D eigenvalue weighted by atomic mass is 16.6. The van der Waals surface area contributed by atoms with Gasteiger partial charge in [-0.05, 0) is 12.8 Å². The van der Waals surface area contributed by atoms with Crippen LogP contribution in [0, 0.1) is 0 Å². The smallest absolute Gasteiger partial charge is 0.140 e. The number of nitrogens with zero attached hydrogens (tertiary/aromatic N) is 1. The Morgan fingerprint density at radius 3 is 2.27 bits per heavy atom. The largest absolute Gasteiger partial charge is 0.394 e. The lowest BCUT2D eigenvalue weighted by Gasteiger charge is -2.33. The summed E-state index contributed by atoms with van der Waals surface area (Å²) in [6.07, 6.45) is 0.455. The van der Waals surface area contributed by atoms with Crippen molar-refractivity contribution in [1.29, 1.82) is 0 Å². The highest BCUT2D eigenvalue weighted by Crippen LogP contribution is 2.26. The van der Waals surface area contributed by atoms with E-state index in [0.29, 0.717) is 0 Å². The lowest BCUT2D eigenvalue weighted by Crippen LogP contribution is -2.46. The highest BCUT2D eigenvalue weighted by Gasteiger charge is 2.45. The standard InChI is InChI=1S/C10H19NO4/c12-6-7-8(13)9(14)10(15-7)11-4-2-1-3-5-11/h7-10,12-14H,1-6H2/t7-,8+,9-,10-/m1/s1. The normalized spacial score (nSPS) is 43.4. The lowest BCUT2D eigenvalue weighted by molar-refractivity contribution is -0.102. The Morgan fingerprint density at radius 2 is 1.73 bits per heavy atom. The van der Waals surface area contributed by atoms with E-state index in [1.165, 1.54) is 6.42 Å². The molecule has 2 fully saturated rings. The molecule has 0 spiro atoms. The monoisotopic (exact) mass is 217 g/mol. The molecule has 0 unspecified atom stereocenters. The van der Waals surface area contributed by atoms with E-state index in [-0.39, 0.29) is 6.61 Å². The maximum absolute atomic E-state index is 9.78. The van der Waals surface area contributed by atoms with Crippen LogP contribution < -0.4 is 0 Å². The number of hydrogen-bond donors (Lipinski definition) is 3. The molecule has 2 saturated heterocycles. The first kappa shape index (κ1) is 11.3. The molecule has 5 nitrogen and oxygen atoms in total. The van der Waals surface area contributed by atoms with Gasteiger partial charge in [-0.25, -0.2) is 0 Å². The van der Waals surface area contributed by atoms with Gasteiger partial charge in [-0.3, -0.25) is 4.90 Å². The van der Waals surface area contributed by atoms with E-state index in [1.807, 2.05) is 4.90 Å². The third-order valence-electron chi connectivity index (χ3n) is 3.27. The summed E-state index contributed by atoms with van der Waals surface area (Å²) in [5, 5.41) is 28.3. The van der Waals surface area contributed by atoms with Gasteiger partial charge in [0.1, 0.15) is 24.5 Å². The van der Waals surface area contributed by atoms with Gasteiger partial charge in [0.25, 0.3) is 0 Å². The van der Waals surface area contributed by atoms with Crippen molar-refractivity contribution >= 4 is 0 Å². The molecule has 0 aromatic heterocycles. The summed E-state index contributed by atoms with van der Waals surface area (Å²) in [7, 11) is 0. The minimum atomic E-state index is -0.970. The van der Waals surface area contributed by atoms with E-state index in [9.17, 15) is 10.2 Å². The van der Waals surface area contributed by atoms with Crippen LogP contribution in [-0.4, -0.2) is 64.5 Å². The summed E-state index contributed by atoms with van der Waals surface area (Å²) in [6, 6.07) is 0. The van der Waals surface area contributed by atoms with Crippen LogP contribution in [0.1, 0.15) is 19.3 Å². The van der Waals surface area contributed by atoms with Crippen LogP contribution in [0.25, 0.3) is 0 Å². The van der Waals surface area contributed by atoms with Gasteiger partial charge in [0.05, 0.1) is 6.61 Å². The second-order valence-electron chi connectivity index (χ2n) is 4.33. The molecule has 2 aliphatic heterocycles. The summed E-state index contributed by atoms with van der Waals surface area (Å²) < 4.78 is 5.45. The zero-order valence-electron chi connectivity index (χ0n) is 8.75. The molecule has 4 atom stereocenters. The molecule has 0 aliphatic carbocycles. The quantitative estimate of drug-likeness (QED) is 0.548. The van der Waals surface area contributed by atoms with Gasteiger partial charge in [-0.1, -0.05) is 6.42 Å². The van der Waals surface area contributed by atoms with Crippen molar-refractivity contribution in [2.75, 3.05) is 19.7 Å². The number of piperidine rings is 1. The third kappa shape index (κ3) is 2.16. The molecule has 0 aromatic carbocycles. The Morgan fingerprint density at radius 1 is 1.07 bits per heavy atom. The van der Waals surface area contributed by atoms with E-state index in [4.69, 9.17) is 9.84 Å². The van der Waals surface area contributed by atoms with Crippen LogP contribution in [0.2, 0.25) is 0 Å². The number of aliphatic hydroxyl groups excluding tert-OH is 3. The van der Waals surface area contributed by atoms with Gasteiger partial charge in [0, 0.05) is 13.1 Å². The molecule has 3 N–H and O–H groups in total. The van der Waals surface area contributed by atoms with Gasteiger partial charge >= 0.3 is 0 Å². The Labute approximate surface area is 89.3 Å². The molecule has 0 aromatic rings. The lowest BCUT2D eigenvalue weighted by atomic mass is 10.1. The summed E-state index contributed by atoms with van der Waals surface area (Å²) >= 11 is 0. The minimum absolute atomic E-state index is 0.247. The number of ether oxygens (including phenoxy) is 1. The number of hydrogen-bond acceptors (Lipinski definition) is 5. The Balaban J connectivity index is 1.97. The second-order valence-corrected chi connectivity index (χ2v) is 4.33. The maximum Gasteiger partial charge on any atom is 0.140 e. The maximum atomic E-state index is 9.78. The minimum Gasteiger partial charge on any atom is -0.394 e. The van der Waals surface area contributed by atoms with Crippen LogP contribution in [0.15, 0.2) is 0 Å². The van der Waals surface area contributed by atoms with Crippen molar-refractivity contribution in [3.63, 3.8) is 0 Å². The van der Waals surface area contributed by atoms with Crippen molar-refractivity contribution in [2.45, 2.75) is 43.8 Å². The summed E-state index contributed by atoms with van der Waals surface area (Å²) in [5.41, 5.74) is 0. The summed E-state index contributed by atoms with van der Waals surface area (Å²) in [6.45, 7) is 1.54. The van der Waals surface area contributed by atoms with Crippen LogP contribution in [0.4, 0.5) is 0 Å². The average molecular weight is 217 g/mol. The topological polar surface area (TPSA) is 73.2 Å². The molecule has 2 rings (SSSR count). The van der Waals surface area contributed by atoms with Crippen molar-refractivity contribution < 1.29 is 20.1 Å². The number of likely N-dealkylation sites (tertiary alicyclic amines) is 1. The Hall–Kier alpha value is -0.200. The van der Waals surface area contributed by atoms with E-state index < -0.39 is 24.5 Å². The summed E-state index contributed by atoms with van der Waals surface area (Å²) in [4.78, 5) is 2.05. The summed E-state index contributed by atoms with van der Waals surface area (Å²) in [5.74, 6) is 0. The molecule has 0 amide bonds. The highest BCUT2D eigenvalue weighted by molar-refractivity contribution is 4.90. The molecular weight excluding hydrogens is 198 g/mol. The molecule has 2 heterocycles. The van der Waals surface area contributed by atoms with Gasteiger partial charge in [0.15, 0.2) is 0 Å². The molecule has 88 valence electrons. The fourth-order valence-electron chi connectivity index (χ4n) is 2.35. The SMILES string of the molecule is OC[C@H]1O[C@@H](N2CCCCC2)[C@H](O)[C@H]1O. The molecule has 5 heteroatoms. The van der Waals surface area contributed by atoms with Crippen LogP contribution in [-0.2, 0) is 4.74 Å². The van der Waals surface area contributed by atoms with E-state index >= 15 is 0 Å². The van der Waals surface area contributed by atoms with E-state index in [2.05, 4.69) is 0 Å². The van der Waals surface area contributed by atoms with Crippen molar-refractivity contribution in [2.24, 2.45) is 0 Å². The predicted molar refractivity (Wildman–Crippen MR) is 53.2 cm³/mol. The van der Waals surface area contributed by atoms with Gasteiger partial charge in [-0.15, -0.1) is 0 Å². The van der Waals surface area contributed by atoms with Crippen LogP contribution in [0.3, 0.4) is 0 Å². The van der Waals surface area contributed by atoms with Crippen LogP contribution in [0.5, 0.6) is 0 Å². The van der Waals surface area contributed by atoms with E-state index in [1.54, 1.807) is 0 Å². The molecule has 0 radical (unpaired) electrons. The molecule has 15 heavy (non-hydrogen) atoms. The fourth-order valence-corrected chi connectivity index (χ4v) is 2.35. The fraction of sp³-hybridized carbons (Fsp3) is 1.00. The Kier molecular flexibility index (Phi) is 3.58. The van der Waals surface area contributed by atoms with Gasteiger partial charge < -0.3 is 20.1 Å². The average Bonchev–Trinajstić information content (AvgIpc) is 2.57. The third-order valence-corrected chi connectivity index (χ3v) is 3.27. The molecule has 0 bridgehead atoms. The number of aliphatic hydroxyl groups is 3. The first-order valence-corrected chi connectivity index (χ1v) is 5.60. The van der Waals surface area contributed by atoms with Crippen molar-refractivity contribution in [1.82, 2.24) is 4.90 Å². The molecule has 2 aliphatic rings. The zero-order chi connectivity index (χ0) is 10.8. The van der Waals surface area contributed by atoms with Crippen LogP contribution >= 0.6 is 0 Å². The van der Waals surface area contributed by atoms with Gasteiger partial charge in [-0.2, -0.15) is 0 Å². The first-order valence-electron chi connectivity index (χ1n) is 5.60. The Bertz CT molecular complexity index is 208.